The van der Waals surface area contributed by atoms with Crippen LogP contribution in [-0.4, -0.2) is 39.9 Å². The Morgan fingerprint density at radius 1 is 1.35 bits per heavy atom. The van der Waals surface area contributed by atoms with Gasteiger partial charge in [-0.15, -0.1) is 0 Å². The number of aliphatic carboxylic acids is 1. The van der Waals surface area contributed by atoms with E-state index in [2.05, 4.69) is 10.5 Å². The molecule has 2 rings (SSSR count). The molecule has 0 bridgehead atoms. The van der Waals surface area contributed by atoms with Gasteiger partial charge in [0.2, 0.25) is 5.91 Å². The summed E-state index contributed by atoms with van der Waals surface area (Å²) in [6.07, 6.45) is -0.118. The minimum absolute atomic E-state index is 0.0410. The summed E-state index contributed by atoms with van der Waals surface area (Å²) in [5, 5.41) is 24.5. The van der Waals surface area contributed by atoms with Crippen molar-refractivity contribution in [1.82, 2.24) is 10.5 Å². The third-order valence-electron chi connectivity index (χ3n) is 2.83. The Labute approximate surface area is 114 Å². The van der Waals surface area contributed by atoms with E-state index in [1.807, 2.05) is 0 Å². The van der Waals surface area contributed by atoms with E-state index in [0.29, 0.717) is 11.3 Å². The van der Waals surface area contributed by atoms with E-state index in [1.54, 1.807) is 24.3 Å². The van der Waals surface area contributed by atoms with Gasteiger partial charge < -0.3 is 20.1 Å². The van der Waals surface area contributed by atoms with E-state index in [9.17, 15) is 9.59 Å². The number of nitrogens with one attached hydrogen (secondary N) is 1. The van der Waals surface area contributed by atoms with Crippen molar-refractivity contribution in [1.29, 1.82) is 0 Å². The van der Waals surface area contributed by atoms with Crippen molar-refractivity contribution in [3.63, 3.8) is 0 Å². The number of hydrogen-bond donors (Lipinski definition) is 3. The van der Waals surface area contributed by atoms with Crippen LogP contribution in [0.1, 0.15) is 12.1 Å². The van der Waals surface area contributed by atoms with Crippen molar-refractivity contribution >= 4 is 22.8 Å². The monoisotopic (exact) mass is 278 g/mol. The Morgan fingerprint density at radius 3 is 2.80 bits per heavy atom. The van der Waals surface area contributed by atoms with Gasteiger partial charge in [-0.1, -0.05) is 17.3 Å². The number of fused-ring (bicyclic) bond motifs is 1. The molecule has 0 saturated heterocycles. The minimum Gasteiger partial charge on any atom is -0.480 e. The second-order valence-electron chi connectivity index (χ2n) is 4.27. The fraction of sp³-hybridized carbons (Fsp3) is 0.308. The minimum atomic E-state index is -1.18. The summed E-state index contributed by atoms with van der Waals surface area (Å²) in [7, 11) is 0. The van der Waals surface area contributed by atoms with Crippen LogP contribution in [0.15, 0.2) is 28.8 Å². The molecule has 106 valence electrons. The number of hydrogen-bond acceptors (Lipinski definition) is 5. The second kappa shape index (κ2) is 6.16. The number of amides is 1. The quantitative estimate of drug-likeness (QED) is 0.701. The molecule has 1 aromatic carbocycles. The van der Waals surface area contributed by atoms with Gasteiger partial charge in [0.1, 0.15) is 11.7 Å². The molecule has 7 heteroatoms. The molecule has 1 aromatic heterocycles. The third kappa shape index (κ3) is 3.12. The number of nitrogens with zero attached hydrogens (tertiary/aromatic N) is 1. The van der Waals surface area contributed by atoms with Gasteiger partial charge in [0, 0.05) is 18.4 Å². The molecule has 0 aliphatic carbocycles. The van der Waals surface area contributed by atoms with Gasteiger partial charge in [0.25, 0.3) is 0 Å². The highest BCUT2D eigenvalue weighted by Gasteiger charge is 2.20. The first-order valence-corrected chi connectivity index (χ1v) is 6.08. The molecule has 3 N–H and O–H groups in total. The van der Waals surface area contributed by atoms with Crippen molar-refractivity contribution in [2.75, 3.05) is 6.61 Å². The maximum atomic E-state index is 11.8. The molecule has 20 heavy (non-hydrogen) atoms. The van der Waals surface area contributed by atoms with Gasteiger partial charge in [0.05, 0.1) is 6.42 Å². The van der Waals surface area contributed by atoms with Gasteiger partial charge in [-0.25, -0.2) is 4.79 Å². The topological polar surface area (TPSA) is 113 Å². The lowest BCUT2D eigenvalue weighted by atomic mass is 10.1. The summed E-state index contributed by atoms with van der Waals surface area (Å²) >= 11 is 0. The smallest absolute Gasteiger partial charge is 0.326 e. The van der Waals surface area contributed by atoms with E-state index >= 15 is 0 Å². The van der Waals surface area contributed by atoms with Crippen molar-refractivity contribution in [3.05, 3.63) is 30.0 Å². The molecule has 0 aliphatic rings. The second-order valence-corrected chi connectivity index (χ2v) is 4.27. The molecule has 7 nitrogen and oxygen atoms in total. The lowest BCUT2D eigenvalue weighted by Crippen LogP contribution is -2.42. The fourth-order valence-corrected chi connectivity index (χ4v) is 1.85. The number of aliphatic hydroxyl groups is 1. The molecule has 0 unspecified atom stereocenters. The van der Waals surface area contributed by atoms with Gasteiger partial charge in [-0.2, -0.15) is 0 Å². The van der Waals surface area contributed by atoms with Gasteiger partial charge in [0.15, 0.2) is 5.58 Å². The highest BCUT2D eigenvalue weighted by Crippen LogP contribution is 2.18. The van der Waals surface area contributed by atoms with Crippen LogP contribution in [0.25, 0.3) is 11.0 Å². The van der Waals surface area contributed by atoms with E-state index in [-0.39, 0.29) is 19.4 Å². The number of carboxylic acids is 1. The van der Waals surface area contributed by atoms with E-state index in [1.165, 1.54) is 0 Å². The number of carboxylic acid groups (broad SMARTS) is 1. The average molecular weight is 278 g/mol. The van der Waals surface area contributed by atoms with Crippen LogP contribution in [0.2, 0.25) is 0 Å². The third-order valence-corrected chi connectivity index (χ3v) is 2.83. The highest BCUT2D eigenvalue weighted by molar-refractivity contribution is 5.88. The van der Waals surface area contributed by atoms with Gasteiger partial charge in [-0.05, 0) is 12.1 Å². The first-order valence-electron chi connectivity index (χ1n) is 6.08. The molecule has 0 radical (unpaired) electrons. The lowest BCUT2D eigenvalue weighted by molar-refractivity contribution is -0.142. The Hall–Kier alpha value is -2.41. The summed E-state index contributed by atoms with van der Waals surface area (Å²) < 4.78 is 5.06. The molecule has 0 fully saturated rings. The maximum absolute atomic E-state index is 11.8. The SMILES string of the molecule is O=C(Cc1noc2ccccc12)N[C@H](CCO)C(=O)O. The number of carbonyl (C=O) groups excluding carboxylic acids is 1. The Bertz CT molecular complexity index is 622. The zero-order chi connectivity index (χ0) is 14.5. The number of rotatable bonds is 6. The van der Waals surface area contributed by atoms with Crippen LogP contribution in [-0.2, 0) is 16.0 Å². The highest BCUT2D eigenvalue weighted by atomic mass is 16.5. The number of aliphatic hydroxyl groups excluding tert-OH is 1. The number of aromatic nitrogens is 1. The standard InChI is InChI=1S/C13H14N2O5/c16-6-5-9(13(18)19)14-12(17)7-10-8-3-1-2-4-11(8)20-15-10/h1-4,9,16H,5-7H2,(H,14,17)(H,18,19)/t9-/m1/s1. The van der Waals surface area contributed by atoms with Gasteiger partial charge >= 0.3 is 5.97 Å². The van der Waals surface area contributed by atoms with Gasteiger partial charge in [-0.3, -0.25) is 4.79 Å². The molecule has 2 aromatic rings. The molecule has 1 atom stereocenters. The van der Waals surface area contributed by atoms with Crippen LogP contribution < -0.4 is 5.32 Å². The summed E-state index contributed by atoms with van der Waals surface area (Å²) in [5.74, 6) is -1.66. The normalized spacial score (nSPS) is 12.2. The number of para-hydroxylation sites is 1. The van der Waals surface area contributed by atoms with Crippen LogP contribution in [0.4, 0.5) is 0 Å². The number of carbonyl (C=O) groups is 2. The van der Waals surface area contributed by atoms with E-state index < -0.39 is 17.9 Å². The van der Waals surface area contributed by atoms with Crippen LogP contribution in [0, 0.1) is 0 Å². The Morgan fingerprint density at radius 2 is 2.10 bits per heavy atom. The van der Waals surface area contributed by atoms with Crippen LogP contribution in [0.3, 0.4) is 0 Å². The summed E-state index contributed by atoms with van der Waals surface area (Å²) in [5.41, 5.74) is 1.02. The predicted molar refractivity (Wildman–Crippen MR) is 69.0 cm³/mol. The molecular weight excluding hydrogens is 264 g/mol. The van der Waals surface area contributed by atoms with Crippen molar-refractivity contribution in [2.45, 2.75) is 18.9 Å². The molecule has 1 heterocycles. The van der Waals surface area contributed by atoms with E-state index in [0.717, 1.165) is 5.39 Å². The largest absolute Gasteiger partial charge is 0.480 e. The molecule has 1 amide bonds. The zero-order valence-corrected chi connectivity index (χ0v) is 10.6. The average Bonchev–Trinajstić information content (AvgIpc) is 2.81. The van der Waals surface area contributed by atoms with E-state index in [4.69, 9.17) is 14.7 Å². The lowest BCUT2D eigenvalue weighted by Gasteiger charge is -2.12. The van der Waals surface area contributed by atoms with Crippen molar-refractivity contribution in [3.8, 4) is 0 Å². The zero-order valence-electron chi connectivity index (χ0n) is 10.6. The first kappa shape index (κ1) is 14.0. The summed E-state index contributed by atoms with van der Waals surface area (Å²) in [6, 6.07) is 5.99. The Balaban J connectivity index is 2.06. The molecule has 0 spiro atoms. The predicted octanol–water partition coefficient (Wildman–Crippen LogP) is 0.322. The maximum Gasteiger partial charge on any atom is 0.326 e. The fourth-order valence-electron chi connectivity index (χ4n) is 1.85. The van der Waals surface area contributed by atoms with Crippen LogP contribution in [0.5, 0.6) is 0 Å². The van der Waals surface area contributed by atoms with Crippen molar-refractivity contribution < 1.29 is 24.3 Å². The molecular formula is C13H14N2O5. The number of benzene rings is 1. The Kier molecular flexibility index (Phi) is 4.31. The molecule has 0 saturated carbocycles. The first-order chi connectivity index (χ1) is 9.61. The van der Waals surface area contributed by atoms with Crippen LogP contribution >= 0.6 is 0 Å². The summed E-state index contributed by atoms with van der Waals surface area (Å²) in [6.45, 7) is -0.315. The summed E-state index contributed by atoms with van der Waals surface area (Å²) in [4.78, 5) is 22.7. The van der Waals surface area contributed by atoms with Crippen molar-refractivity contribution in [2.24, 2.45) is 0 Å². The molecule has 0 aliphatic heterocycles.